The van der Waals surface area contributed by atoms with Crippen LogP contribution in [0.5, 0.6) is 0 Å². The molecule has 5 aliphatic rings. The first-order valence-electron chi connectivity index (χ1n) is 15.2. The lowest BCUT2D eigenvalue weighted by Crippen LogP contribution is -2.57. The second kappa shape index (κ2) is 10.2. The summed E-state index contributed by atoms with van der Waals surface area (Å²) in [4.78, 5) is 15.9. The molecule has 1 heterocycles. The van der Waals surface area contributed by atoms with Crippen LogP contribution in [0.2, 0.25) is 0 Å². The van der Waals surface area contributed by atoms with E-state index in [1.54, 1.807) is 17.9 Å². The molecule has 4 fully saturated rings. The molecule has 2 atom stereocenters. The Labute approximate surface area is 262 Å². The molecule has 4 aliphatic carbocycles. The number of amides is 1. The smallest absolute Gasteiger partial charge is 0.435 e. The zero-order valence-electron chi connectivity index (χ0n) is 25.1. The van der Waals surface area contributed by atoms with Gasteiger partial charge in [-0.05, 0) is 93.5 Å². The molecule has 2 bridgehead atoms. The molecule has 1 amide bonds. The molecule has 2 aromatic carbocycles. The number of benzene rings is 2. The molecule has 1 saturated heterocycles. The molecule has 2 aromatic rings. The van der Waals surface area contributed by atoms with Gasteiger partial charge in [0.25, 0.3) is 0 Å². The number of fused-ring (bicyclic) bond motifs is 6. The highest BCUT2D eigenvalue weighted by Gasteiger charge is 2.74. The number of halogens is 7. The molecule has 46 heavy (non-hydrogen) atoms. The predicted molar refractivity (Wildman–Crippen MR) is 154 cm³/mol. The minimum atomic E-state index is -6.32. The zero-order valence-corrected chi connectivity index (χ0v) is 25.9. The molecule has 250 valence electrons. The van der Waals surface area contributed by atoms with Crippen molar-refractivity contribution in [3.63, 3.8) is 0 Å². The lowest BCUT2D eigenvalue weighted by Gasteiger charge is -2.53. The van der Waals surface area contributed by atoms with Gasteiger partial charge in [0.15, 0.2) is 9.84 Å². The molecule has 1 N–H and O–H groups in total. The molecular weight excluding hydrogens is 639 g/mol. The van der Waals surface area contributed by atoms with Crippen molar-refractivity contribution < 1.29 is 49.1 Å². The number of carbonyl (C=O) groups excluding carboxylic acids is 1. The van der Waals surface area contributed by atoms with Crippen LogP contribution in [0.3, 0.4) is 0 Å². The fourth-order valence-electron chi connectivity index (χ4n) is 8.71. The summed E-state index contributed by atoms with van der Waals surface area (Å²) in [5.41, 5.74) is -8.10. The van der Waals surface area contributed by atoms with Gasteiger partial charge in [-0.1, -0.05) is 36.9 Å². The number of aliphatic hydroxyl groups excluding tert-OH is 1. The third-order valence-corrected chi connectivity index (χ3v) is 13.9. The van der Waals surface area contributed by atoms with Crippen molar-refractivity contribution in [3.05, 3.63) is 77.1 Å². The Hall–Kier alpha value is -3.09. The minimum absolute atomic E-state index is 0.00743. The van der Waals surface area contributed by atoms with E-state index in [1.807, 2.05) is 0 Å². The first-order valence-corrected chi connectivity index (χ1v) is 16.7. The summed E-state index contributed by atoms with van der Waals surface area (Å²) in [6, 6.07) is 6.83. The van der Waals surface area contributed by atoms with Gasteiger partial charge < -0.3 is 10.0 Å². The number of aliphatic hydroxyl groups is 1. The van der Waals surface area contributed by atoms with E-state index in [2.05, 4.69) is 6.58 Å². The van der Waals surface area contributed by atoms with Gasteiger partial charge in [-0.15, -0.1) is 0 Å². The summed E-state index contributed by atoms with van der Waals surface area (Å²) in [5.74, 6) is -0.137. The van der Waals surface area contributed by atoms with Crippen molar-refractivity contribution in [1.29, 1.82) is 0 Å². The number of rotatable bonds is 5. The van der Waals surface area contributed by atoms with Crippen LogP contribution in [0.4, 0.5) is 30.7 Å². The van der Waals surface area contributed by atoms with Gasteiger partial charge in [-0.25, -0.2) is 12.8 Å². The van der Waals surface area contributed by atoms with Crippen molar-refractivity contribution in [1.82, 2.24) is 4.90 Å². The third kappa shape index (κ3) is 4.31. The maximum atomic E-state index is 15.1. The molecular formula is C33H34F7NO4S. The number of hydrogen-bond donors (Lipinski definition) is 1. The summed E-state index contributed by atoms with van der Waals surface area (Å²) < 4.78 is 125. The molecule has 5 nitrogen and oxygen atoms in total. The summed E-state index contributed by atoms with van der Waals surface area (Å²) >= 11 is 0. The van der Waals surface area contributed by atoms with Gasteiger partial charge in [0.1, 0.15) is 4.75 Å². The van der Waals surface area contributed by atoms with E-state index in [9.17, 15) is 44.7 Å². The second-order valence-electron chi connectivity index (χ2n) is 13.5. The van der Waals surface area contributed by atoms with Crippen LogP contribution in [0.25, 0.3) is 0 Å². The van der Waals surface area contributed by atoms with Crippen LogP contribution in [-0.2, 0) is 31.5 Å². The fraction of sp³-hybridized carbons (Fsp3) is 0.545. The highest BCUT2D eigenvalue weighted by atomic mass is 32.2. The quantitative estimate of drug-likeness (QED) is 0.259. The Bertz CT molecular complexity index is 1680. The summed E-state index contributed by atoms with van der Waals surface area (Å²) in [6.07, 6.45) is -9.93. The normalized spacial score (nSPS) is 29.7. The van der Waals surface area contributed by atoms with Crippen LogP contribution < -0.4 is 0 Å². The van der Waals surface area contributed by atoms with Crippen LogP contribution in [-0.4, -0.2) is 49.3 Å². The average Bonchev–Trinajstić information content (AvgIpc) is 3.41. The predicted octanol–water partition coefficient (Wildman–Crippen LogP) is 7.91. The van der Waals surface area contributed by atoms with Crippen molar-refractivity contribution in [2.75, 3.05) is 6.54 Å². The number of aryl methyl sites for hydroxylation is 2. The van der Waals surface area contributed by atoms with Crippen LogP contribution in [0.1, 0.15) is 73.6 Å². The van der Waals surface area contributed by atoms with E-state index in [1.165, 1.54) is 18.2 Å². The van der Waals surface area contributed by atoms with Gasteiger partial charge in [0.2, 0.25) is 5.91 Å². The van der Waals surface area contributed by atoms with E-state index in [0.29, 0.717) is 56.2 Å². The van der Waals surface area contributed by atoms with E-state index >= 15 is 4.39 Å². The Kier molecular flexibility index (Phi) is 7.28. The van der Waals surface area contributed by atoms with Crippen molar-refractivity contribution in [3.8, 4) is 0 Å². The lowest BCUT2D eigenvalue weighted by molar-refractivity contribution is -0.348. The number of alkyl halides is 7. The third-order valence-electron chi connectivity index (χ3n) is 11.4. The van der Waals surface area contributed by atoms with E-state index in [0.717, 1.165) is 6.07 Å². The molecule has 0 radical (unpaired) electrons. The molecule has 1 aliphatic heterocycles. The van der Waals surface area contributed by atoms with Crippen molar-refractivity contribution >= 4 is 15.7 Å². The maximum Gasteiger partial charge on any atom is 0.435 e. The molecule has 0 aromatic heterocycles. The van der Waals surface area contributed by atoms with Crippen LogP contribution in [0.15, 0.2) is 59.7 Å². The first kappa shape index (κ1) is 32.8. The Balaban J connectivity index is 1.48. The topological polar surface area (TPSA) is 74.7 Å². The molecule has 0 spiro atoms. The number of allylic oxidation sites excluding steroid dienone is 1. The second-order valence-corrected chi connectivity index (χ2v) is 15.8. The zero-order chi connectivity index (χ0) is 33.7. The Morgan fingerprint density at radius 2 is 1.48 bits per heavy atom. The summed E-state index contributed by atoms with van der Waals surface area (Å²) in [6.45, 7) is 5.42. The van der Waals surface area contributed by atoms with E-state index in [4.69, 9.17) is 0 Å². The maximum absolute atomic E-state index is 15.1. The largest absolute Gasteiger partial charge is 0.512 e. The standard InChI is InChI=1S/C33H34F7NO4S/c1-20-4-3-5-24(18-20)46(44,45)30-16-17-41(27(43)29-13-10-28(11-14-29,12-15-29)21(2)42)26(30)9-6-22-19-23(7-8-25(22)30)31(34,32(35,36)37)33(38,39)40/h3-5,7-8,18-19,26,42H,2,6,9-17H2,1H3. The van der Waals surface area contributed by atoms with E-state index in [-0.39, 0.29) is 53.5 Å². The number of sulfone groups is 1. The summed E-state index contributed by atoms with van der Waals surface area (Å²) in [7, 11) is -4.41. The van der Waals surface area contributed by atoms with Gasteiger partial charge in [0.05, 0.1) is 16.7 Å². The molecule has 2 unspecified atom stereocenters. The monoisotopic (exact) mass is 673 g/mol. The number of hydrogen-bond acceptors (Lipinski definition) is 4. The molecule has 13 heteroatoms. The van der Waals surface area contributed by atoms with Gasteiger partial charge in [-0.2, -0.15) is 26.3 Å². The Morgan fingerprint density at radius 1 is 0.891 bits per heavy atom. The van der Waals surface area contributed by atoms with Gasteiger partial charge >= 0.3 is 18.0 Å². The van der Waals surface area contributed by atoms with Crippen LogP contribution >= 0.6 is 0 Å². The lowest BCUT2D eigenvalue weighted by atomic mass is 9.52. The minimum Gasteiger partial charge on any atom is -0.512 e. The van der Waals surface area contributed by atoms with Gasteiger partial charge in [-0.3, -0.25) is 4.79 Å². The van der Waals surface area contributed by atoms with E-state index < -0.39 is 55.0 Å². The molecule has 7 rings (SSSR count). The molecule has 3 saturated carbocycles. The van der Waals surface area contributed by atoms with Crippen molar-refractivity contribution in [2.45, 2.75) is 98.4 Å². The highest BCUT2D eigenvalue weighted by molar-refractivity contribution is 7.92. The number of likely N-dealkylation sites (tertiary alicyclic amines) is 1. The Morgan fingerprint density at radius 3 is 2.02 bits per heavy atom. The van der Waals surface area contributed by atoms with Crippen LogP contribution in [0, 0.1) is 17.8 Å². The first-order chi connectivity index (χ1) is 21.3. The van der Waals surface area contributed by atoms with Crippen molar-refractivity contribution in [2.24, 2.45) is 10.8 Å². The average molecular weight is 674 g/mol. The highest BCUT2D eigenvalue weighted by Crippen LogP contribution is 2.62. The fourth-order valence-corrected chi connectivity index (χ4v) is 11.2. The summed E-state index contributed by atoms with van der Waals surface area (Å²) in [5, 5.41) is 10.2. The number of carbonyl (C=O) groups is 1. The SMILES string of the molecule is C=C(O)C12CCC(C(=O)N3CCC4(S(=O)(=O)c5cccc(C)c5)c5ccc(C(F)(C(F)(F)F)C(F)(F)F)cc5CCC34)(CC1)CC2. The van der Waals surface area contributed by atoms with Gasteiger partial charge in [0, 0.05) is 22.9 Å². The number of nitrogens with zero attached hydrogens (tertiary/aromatic N) is 1.